The molecular weight excluding hydrogens is 250 g/mol. The number of nitrogens with zero attached hydrogens (tertiary/aromatic N) is 2. The normalized spacial score (nSPS) is 15.1. The van der Waals surface area contributed by atoms with Gasteiger partial charge in [-0.15, -0.1) is 0 Å². The van der Waals surface area contributed by atoms with Crippen LogP contribution >= 0.6 is 0 Å². The summed E-state index contributed by atoms with van der Waals surface area (Å²) in [4.78, 5) is 12.0. The molecule has 0 saturated heterocycles. The lowest BCUT2D eigenvalue weighted by molar-refractivity contribution is -0.110. The van der Waals surface area contributed by atoms with E-state index in [-0.39, 0.29) is 5.91 Å². The Morgan fingerprint density at radius 3 is 2.50 bits per heavy atom. The molecule has 0 saturated carbocycles. The summed E-state index contributed by atoms with van der Waals surface area (Å²) >= 11 is 0. The van der Waals surface area contributed by atoms with Gasteiger partial charge in [0.05, 0.1) is 11.4 Å². The van der Waals surface area contributed by atoms with Crippen molar-refractivity contribution in [3.8, 4) is 0 Å². The Bertz CT molecular complexity index is 664. The maximum atomic E-state index is 12.0. The van der Waals surface area contributed by atoms with E-state index in [1.54, 1.807) is 0 Å². The number of rotatable bonds is 3. The molecule has 3 rings (SSSR count). The van der Waals surface area contributed by atoms with Gasteiger partial charge in [-0.25, -0.2) is 0 Å². The van der Waals surface area contributed by atoms with Crippen molar-refractivity contribution in [3.05, 3.63) is 60.2 Å². The number of amides is 1. The van der Waals surface area contributed by atoms with Crippen molar-refractivity contribution in [1.82, 2.24) is 0 Å². The van der Waals surface area contributed by atoms with Crippen molar-refractivity contribution in [2.75, 3.05) is 16.9 Å². The van der Waals surface area contributed by atoms with Gasteiger partial charge in [-0.05, 0) is 25.1 Å². The summed E-state index contributed by atoms with van der Waals surface area (Å²) in [5.74, 6) is -0.152. The number of carbonyl (C=O) groups excluding carboxylic acids is 1. The molecule has 0 unspecified atom stereocenters. The number of carbonyl (C=O) groups is 1. The maximum absolute atomic E-state index is 12.0. The van der Waals surface area contributed by atoms with Crippen LogP contribution < -0.4 is 10.3 Å². The molecule has 1 N–H and O–H groups in total. The van der Waals surface area contributed by atoms with E-state index >= 15 is 0 Å². The standard InChI is InChI=1S/C16H15N3O/c1-2-19(12-8-4-3-5-9-12)18-15-13-10-6-7-11-14(13)17-16(15)20/h3-11H,2H2,1H3,(H,17,18,20). The van der Waals surface area contributed by atoms with Gasteiger partial charge in [-0.2, -0.15) is 5.10 Å². The topological polar surface area (TPSA) is 44.7 Å². The van der Waals surface area contributed by atoms with Crippen LogP contribution in [0.25, 0.3) is 0 Å². The third-order valence-electron chi connectivity index (χ3n) is 3.22. The largest absolute Gasteiger partial charge is 0.320 e. The summed E-state index contributed by atoms with van der Waals surface area (Å²) in [6, 6.07) is 17.4. The first-order chi connectivity index (χ1) is 9.79. The summed E-state index contributed by atoms with van der Waals surface area (Å²) in [5.41, 5.74) is 3.11. The molecule has 0 fully saturated rings. The Labute approximate surface area is 117 Å². The van der Waals surface area contributed by atoms with Gasteiger partial charge in [-0.1, -0.05) is 36.4 Å². The molecule has 0 radical (unpaired) electrons. The average Bonchev–Trinajstić information content (AvgIpc) is 2.81. The van der Waals surface area contributed by atoms with Gasteiger partial charge in [0.15, 0.2) is 5.71 Å². The molecule has 0 aliphatic carbocycles. The number of fused-ring (bicyclic) bond motifs is 1. The molecule has 100 valence electrons. The molecule has 0 aromatic heterocycles. The van der Waals surface area contributed by atoms with Crippen LogP contribution in [0.1, 0.15) is 12.5 Å². The first kappa shape index (κ1) is 12.4. The highest BCUT2D eigenvalue weighted by atomic mass is 16.2. The molecule has 1 amide bonds. The van der Waals surface area contributed by atoms with Gasteiger partial charge in [0.2, 0.25) is 0 Å². The minimum absolute atomic E-state index is 0.152. The average molecular weight is 265 g/mol. The minimum Gasteiger partial charge on any atom is -0.320 e. The number of nitrogens with one attached hydrogen (secondary N) is 1. The summed E-state index contributed by atoms with van der Waals surface area (Å²) in [7, 11) is 0. The zero-order chi connectivity index (χ0) is 13.9. The first-order valence-corrected chi connectivity index (χ1v) is 6.61. The summed E-state index contributed by atoms with van der Waals surface area (Å²) in [6.45, 7) is 2.71. The lowest BCUT2D eigenvalue weighted by Crippen LogP contribution is -2.23. The Hall–Kier alpha value is -2.62. The lowest BCUT2D eigenvalue weighted by Gasteiger charge is -2.17. The van der Waals surface area contributed by atoms with E-state index in [0.717, 1.165) is 16.9 Å². The number of hydrogen-bond donors (Lipinski definition) is 1. The third-order valence-corrected chi connectivity index (χ3v) is 3.22. The van der Waals surface area contributed by atoms with Crippen LogP contribution in [0.3, 0.4) is 0 Å². The highest BCUT2D eigenvalue weighted by Gasteiger charge is 2.26. The van der Waals surface area contributed by atoms with Crippen LogP contribution in [-0.4, -0.2) is 18.2 Å². The Morgan fingerprint density at radius 1 is 1.05 bits per heavy atom. The second-order valence-corrected chi connectivity index (χ2v) is 4.50. The number of anilines is 2. The Morgan fingerprint density at radius 2 is 1.75 bits per heavy atom. The second kappa shape index (κ2) is 5.17. The van der Waals surface area contributed by atoms with Crippen molar-refractivity contribution < 1.29 is 4.79 Å². The predicted molar refractivity (Wildman–Crippen MR) is 81.1 cm³/mol. The molecule has 0 spiro atoms. The molecule has 1 aliphatic heterocycles. The van der Waals surface area contributed by atoms with E-state index in [2.05, 4.69) is 10.4 Å². The van der Waals surface area contributed by atoms with E-state index in [1.807, 2.05) is 66.5 Å². The lowest BCUT2D eigenvalue weighted by atomic mass is 10.1. The van der Waals surface area contributed by atoms with Gasteiger partial charge in [-0.3, -0.25) is 9.80 Å². The van der Waals surface area contributed by atoms with Gasteiger partial charge in [0, 0.05) is 12.1 Å². The SMILES string of the molecule is CCN(/N=C1\C(=O)Nc2ccccc21)c1ccccc1. The Balaban J connectivity index is 2.01. The molecule has 0 atom stereocenters. The maximum Gasteiger partial charge on any atom is 0.276 e. The summed E-state index contributed by atoms with van der Waals surface area (Å²) in [6.07, 6.45) is 0. The fraction of sp³-hybridized carbons (Fsp3) is 0.125. The first-order valence-electron chi connectivity index (χ1n) is 6.61. The molecule has 1 heterocycles. The van der Waals surface area contributed by atoms with Crippen LogP contribution in [-0.2, 0) is 4.79 Å². The van der Waals surface area contributed by atoms with E-state index in [4.69, 9.17) is 0 Å². The number of hydrogen-bond acceptors (Lipinski definition) is 3. The van der Waals surface area contributed by atoms with Crippen LogP contribution in [0.2, 0.25) is 0 Å². The third kappa shape index (κ3) is 2.16. The summed E-state index contributed by atoms with van der Waals surface area (Å²) < 4.78 is 0. The summed E-state index contributed by atoms with van der Waals surface area (Å²) in [5, 5.41) is 9.19. The Kier molecular flexibility index (Phi) is 3.21. The molecular formula is C16H15N3O. The molecule has 2 aromatic rings. The fourth-order valence-corrected chi connectivity index (χ4v) is 2.23. The zero-order valence-electron chi connectivity index (χ0n) is 11.2. The molecule has 4 heteroatoms. The molecule has 4 nitrogen and oxygen atoms in total. The molecule has 20 heavy (non-hydrogen) atoms. The number of hydrazone groups is 1. The molecule has 2 aromatic carbocycles. The number of benzene rings is 2. The van der Waals surface area contributed by atoms with Crippen LogP contribution in [0.4, 0.5) is 11.4 Å². The minimum atomic E-state index is -0.152. The second-order valence-electron chi connectivity index (χ2n) is 4.50. The van der Waals surface area contributed by atoms with E-state index in [0.29, 0.717) is 12.3 Å². The van der Waals surface area contributed by atoms with Crippen molar-refractivity contribution in [2.45, 2.75) is 6.92 Å². The quantitative estimate of drug-likeness (QED) is 0.867. The monoisotopic (exact) mass is 265 g/mol. The zero-order valence-corrected chi connectivity index (χ0v) is 11.2. The van der Waals surface area contributed by atoms with Crippen molar-refractivity contribution in [3.63, 3.8) is 0 Å². The van der Waals surface area contributed by atoms with Crippen molar-refractivity contribution in [2.24, 2.45) is 5.10 Å². The van der Waals surface area contributed by atoms with Gasteiger partial charge < -0.3 is 5.32 Å². The smallest absolute Gasteiger partial charge is 0.276 e. The van der Waals surface area contributed by atoms with Crippen LogP contribution in [0.15, 0.2) is 59.7 Å². The van der Waals surface area contributed by atoms with E-state index in [9.17, 15) is 4.79 Å². The van der Waals surface area contributed by atoms with Crippen LogP contribution in [0.5, 0.6) is 0 Å². The highest BCUT2D eigenvalue weighted by Crippen LogP contribution is 2.24. The van der Waals surface area contributed by atoms with Gasteiger partial charge in [0.25, 0.3) is 5.91 Å². The molecule has 0 bridgehead atoms. The van der Waals surface area contributed by atoms with Crippen molar-refractivity contribution in [1.29, 1.82) is 0 Å². The van der Waals surface area contributed by atoms with Gasteiger partial charge in [0.1, 0.15) is 0 Å². The predicted octanol–water partition coefficient (Wildman–Crippen LogP) is 2.87. The van der Waals surface area contributed by atoms with Crippen molar-refractivity contribution >= 4 is 23.0 Å². The van der Waals surface area contributed by atoms with Crippen LogP contribution in [0, 0.1) is 0 Å². The highest BCUT2D eigenvalue weighted by molar-refractivity contribution is 6.53. The van der Waals surface area contributed by atoms with Gasteiger partial charge >= 0.3 is 0 Å². The fourth-order valence-electron chi connectivity index (χ4n) is 2.23. The van der Waals surface area contributed by atoms with E-state index in [1.165, 1.54) is 0 Å². The number of para-hydroxylation sites is 2. The van der Waals surface area contributed by atoms with E-state index < -0.39 is 0 Å². The molecule has 1 aliphatic rings.